The Balaban J connectivity index is 2.24. The zero-order valence-corrected chi connectivity index (χ0v) is 12.4. The van der Waals surface area contributed by atoms with E-state index in [0.717, 1.165) is 11.4 Å². The average Bonchev–Trinajstić information content (AvgIpc) is 2.81. The van der Waals surface area contributed by atoms with Gasteiger partial charge in [-0.25, -0.2) is 9.78 Å². The smallest absolute Gasteiger partial charge is 0.360 e. The van der Waals surface area contributed by atoms with Crippen LogP contribution in [0.5, 0.6) is 5.75 Å². The minimum atomic E-state index is -0.520. The van der Waals surface area contributed by atoms with Crippen molar-refractivity contribution in [1.29, 1.82) is 0 Å². The molecule has 0 atom stereocenters. The summed E-state index contributed by atoms with van der Waals surface area (Å²) in [6.45, 7) is 5.95. The summed E-state index contributed by atoms with van der Waals surface area (Å²) in [7, 11) is 0. The Labute approximate surface area is 123 Å². The molecule has 2 rings (SSSR count). The van der Waals surface area contributed by atoms with Crippen molar-refractivity contribution in [3.8, 4) is 11.4 Å². The summed E-state index contributed by atoms with van der Waals surface area (Å²) in [5.41, 5.74) is 6.88. The van der Waals surface area contributed by atoms with Crippen molar-refractivity contribution in [2.45, 2.75) is 26.9 Å². The lowest BCUT2D eigenvalue weighted by Crippen LogP contribution is -2.09. The Hall–Kier alpha value is -2.50. The molecule has 0 fully saturated rings. The van der Waals surface area contributed by atoms with Crippen LogP contribution in [0.2, 0.25) is 0 Å². The molecule has 0 amide bonds. The molecule has 2 aromatic rings. The molecule has 21 heavy (non-hydrogen) atoms. The van der Waals surface area contributed by atoms with Crippen molar-refractivity contribution in [2.75, 3.05) is 12.3 Å². The van der Waals surface area contributed by atoms with Gasteiger partial charge >= 0.3 is 5.97 Å². The SMILES string of the molecule is CCOC(=O)c1ncn(-c2ccc(OC(C)C)cc2)c1N. The number of rotatable bonds is 5. The summed E-state index contributed by atoms with van der Waals surface area (Å²) in [6.07, 6.45) is 1.62. The van der Waals surface area contributed by atoms with Crippen LogP contribution < -0.4 is 10.5 Å². The van der Waals surface area contributed by atoms with E-state index >= 15 is 0 Å². The van der Waals surface area contributed by atoms with E-state index in [1.807, 2.05) is 38.1 Å². The van der Waals surface area contributed by atoms with E-state index in [-0.39, 0.29) is 24.2 Å². The maximum Gasteiger partial charge on any atom is 0.360 e. The van der Waals surface area contributed by atoms with Crippen LogP contribution in [-0.4, -0.2) is 28.2 Å². The third kappa shape index (κ3) is 3.34. The second kappa shape index (κ2) is 6.30. The predicted octanol–water partition coefficient (Wildman–Crippen LogP) is 2.42. The van der Waals surface area contributed by atoms with Crippen LogP contribution >= 0.6 is 0 Å². The average molecular weight is 289 g/mol. The van der Waals surface area contributed by atoms with Crippen molar-refractivity contribution in [3.05, 3.63) is 36.3 Å². The number of hydrogen-bond donors (Lipinski definition) is 1. The molecule has 6 nitrogen and oxygen atoms in total. The molecule has 112 valence electrons. The summed E-state index contributed by atoms with van der Waals surface area (Å²) in [4.78, 5) is 15.7. The van der Waals surface area contributed by atoms with Gasteiger partial charge in [0.2, 0.25) is 0 Å². The second-order valence-corrected chi connectivity index (χ2v) is 4.73. The minimum Gasteiger partial charge on any atom is -0.491 e. The van der Waals surface area contributed by atoms with Gasteiger partial charge in [-0.3, -0.25) is 4.57 Å². The highest BCUT2D eigenvalue weighted by Gasteiger charge is 2.17. The molecule has 0 aliphatic rings. The first kappa shape index (κ1) is 14.9. The van der Waals surface area contributed by atoms with E-state index < -0.39 is 5.97 Å². The lowest BCUT2D eigenvalue weighted by atomic mass is 10.3. The van der Waals surface area contributed by atoms with Crippen molar-refractivity contribution in [3.63, 3.8) is 0 Å². The van der Waals surface area contributed by atoms with Gasteiger partial charge in [0.1, 0.15) is 17.9 Å². The van der Waals surface area contributed by atoms with Crippen LogP contribution in [0.15, 0.2) is 30.6 Å². The van der Waals surface area contributed by atoms with Gasteiger partial charge in [0.25, 0.3) is 0 Å². The summed E-state index contributed by atoms with van der Waals surface area (Å²) in [5, 5.41) is 0. The lowest BCUT2D eigenvalue weighted by Gasteiger charge is -2.11. The number of benzene rings is 1. The van der Waals surface area contributed by atoms with Crippen LogP contribution in [0.25, 0.3) is 5.69 Å². The molecule has 0 aliphatic heterocycles. The van der Waals surface area contributed by atoms with Crippen molar-refractivity contribution < 1.29 is 14.3 Å². The molecule has 2 N–H and O–H groups in total. The molecular formula is C15H19N3O3. The molecule has 1 heterocycles. The molecule has 1 aromatic heterocycles. The standard InChI is InChI=1S/C15H19N3O3/c1-4-20-15(19)13-14(16)18(9-17-13)11-5-7-12(8-6-11)21-10(2)3/h5-10H,4,16H2,1-3H3. The topological polar surface area (TPSA) is 79.4 Å². The Bertz CT molecular complexity index is 618. The maximum atomic E-state index is 11.7. The van der Waals surface area contributed by atoms with E-state index in [1.165, 1.54) is 6.33 Å². The fourth-order valence-electron chi connectivity index (χ4n) is 1.88. The molecule has 0 spiro atoms. The molecule has 0 radical (unpaired) electrons. The first-order chi connectivity index (χ1) is 10.0. The van der Waals surface area contributed by atoms with Gasteiger partial charge < -0.3 is 15.2 Å². The van der Waals surface area contributed by atoms with E-state index in [9.17, 15) is 4.79 Å². The molecule has 0 aliphatic carbocycles. The fraction of sp³-hybridized carbons (Fsp3) is 0.333. The number of imidazole rings is 1. The molecule has 0 unspecified atom stereocenters. The number of carbonyl (C=O) groups is 1. The Morgan fingerprint density at radius 2 is 2.00 bits per heavy atom. The zero-order chi connectivity index (χ0) is 15.4. The minimum absolute atomic E-state index is 0.115. The summed E-state index contributed by atoms with van der Waals surface area (Å²) >= 11 is 0. The third-order valence-corrected chi connectivity index (χ3v) is 2.76. The molecule has 1 aromatic carbocycles. The maximum absolute atomic E-state index is 11.7. The van der Waals surface area contributed by atoms with Gasteiger partial charge in [-0.15, -0.1) is 0 Å². The van der Waals surface area contributed by atoms with Crippen molar-refractivity contribution in [1.82, 2.24) is 9.55 Å². The van der Waals surface area contributed by atoms with Crippen LogP contribution in [0.4, 0.5) is 5.82 Å². The van der Waals surface area contributed by atoms with Gasteiger partial charge in [-0.05, 0) is 45.0 Å². The Morgan fingerprint density at radius 1 is 1.33 bits per heavy atom. The van der Waals surface area contributed by atoms with Gasteiger partial charge in [-0.2, -0.15) is 0 Å². The number of esters is 1. The number of carbonyl (C=O) groups excluding carboxylic acids is 1. The largest absolute Gasteiger partial charge is 0.491 e. The second-order valence-electron chi connectivity index (χ2n) is 4.73. The normalized spacial score (nSPS) is 10.7. The lowest BCUT2D eigenvalue weighted by molar-refractivity contribution is 0.0521. The first-order valence-corrected chi connectivity index (χ1v) is 6.80. The van der Waals surface area contributed by atoms with E-state index in [0.29, 0.717) is 0 Å². The van der Waals surface area contributed by atoms with Gasteiger partial charge in [0, 0.05) is 5.69 Å². The van der Waals surface area contributed by atoms with Crippen LogP contribution in [0, 0.1) is 0 Å². The number of ether oxygens (including phenoxy) is 2. The number of nitrogen functional groups attached to an aromatic ring is 1. The third-order valence-electron chi connectivity index (χ3n) is 2.76. The quantitative estimate of drug-likeness (QED) is 0.855. The molecule has 6 heteroatoms. The highest BCUT2D eigenvalue weighted by molar-refractivity contribution is 5.92. The van der Waals surface area contributed by atoms with E-state index in [1.54, 1.807) is 11.5 Å². The van der Waals surface area contributed by atoms with Crippen LogP contribution in [0.1, 0.15) is 31.3 Å². The Kier molecular flexibility index (Phi) is 4.47. The first-order valence-electron chi connectivity index (χ1n) is 6.80. The van der Waals surface area contributed by atoms with Gasteiger partial charge in [-0.1, -0.05) is 0 Å². The van der Waals surface area contributed by atoms with E-state index in [2.05, 4.69) is 4.98 Å². The van der Waals surface area contributed by atoms with E-state index in [4.69, 9.17) is 15.2 Å². The Morgan fingerprint density at radius 3 is 2.57 bits per heavy atom. The molecule has 0 saturated heterocycles. The molecular weight excluding hydrogens is 270 g/mol. The molecule has 0 saturated carbocycles. The number of aromatic nitrogens is 2. The summed E-state index contributed by atoms with van der Waals surface area (Å²) in [6, 6.07) is 7.40. The van der Waals surface area contributed by atoms with Gasteiger partial charge in [0.15, 0.2) is 5.69 Å². The molecule has 0 bridgehead atoms. The van der Waals surface area contributed by atoms with Crippen LogP contribution in [-0.2, 0) is 4.74 Å². The predicted molar refractivity (Wildman–Crippen MR) is 79.7 cm³/mol. The summed E-state index contributed by atoms with van der Waals surface area (Å²) in [5.74, 6) is 0.512. The summed E-state index contributed by atoms with van der Waals surface area (Å²) < 4.78 is 12.1. The fourth-order valence-corrected chi connectivity index (χ4v) is 1.88. The number of nitrogens with two attached hydrogens (primary N) is 1. The monoisotopic (exact) mass is 289 g/mol. The van der Waals surface area contributed by atoms with Crippen molar-refractivity contribution >= 4 is 11.8 Å². The highest BCUT2D eigenvalue weighted by Crippen LogP contribution is 2.21. The van der Waals surface area contributed by atoms with Gasteiger partial charge in [0.05, 0.1) is 12.7 Å². The van der Waals surface area contributed by atoms with Crippen LogP contribution in [0.3, 0.4) is 0 Å². The van der Waals surface area contributed by atoms with Crippen molar-refractivity contribution in [2.24, 2.45) is 0 Å². The zero-order valence-electron chi connectivity index (χ0n) is 12.4. The highest BCUT2D eigenvalue weighted by atomic mass is 16.5. The number of anilines is 1. The number of hydrogen-bond acceptors (Lipinski definition) is 5. The number of nitrogens with zero attached hydrogens (tertiary/aromatic N) is 2.